The first-order chi connectivity index (χ1) is 5.72. The average Bonchev–Trinajstić information content (AvgIpc) is 2.10. The maximum Gasteiger partial charge on any atom is 0.0561 e. The van der Waals surface area contributed by atoms with E-state index in [-0.39, 0.29) is 0 Å². The number of rotatable bonds is 4. The molecule has 0 amide bonds. The second-order valence-electron chi connectivity index (χ2n) is 2.37. The predicted molar refractivity (Wildman–Crippen MR) is 55.0 cm³/mol. The lowest BCUT2D eigenvalue weighted by atomic mass is 10.4. The fourth-order valence-corrected chi connectivity index (χ4v) is 0.574. The Kier molecular flexibility index (Phi) is 5.70. The van der Waals surface area contributed by atoms with E-state index in [1.165, 1.54) is 0 Å². The van der Waals surface area contributed by atoms with E-state index in [4.69, 9.17) is 0 Å². The molecule has 0 spiro atoms. The highest BCUT2D eigenvalue weighted by atomic mass is 14.9. The van der Waals surface area contributed by atoms with E-state index in [1.54, 1.807) is 12.3 Å². The molecule has 0 saturated heterocycles. The Hall–Kier alpha value is -1.31. The molecule has 0 aromatic carbocycles. The van der Waals surface area contributed by atoms with Crippen LogP contribution in [-0.4, -0.2) is 6.21 Å². The van der Waals surface area contributed by atoms with Gasteiger partial charge in [0.1, 0.15) is 0 Å². The Morgan fingerprint density at radius 3 is 2.58 bits per heavy atom. The van der Waals surface area contributed by atoms with Gasteiger partial charge in [-0.1, -0.05) is 18.7 Å². The summed E-state index contributed by atoms with van der Waals surface area (Å²) in [5.41, 5.74) is 2.01. The van der Waals surface area contributed by atoms with E-state index in [0.717, 1.165) is 11.4 Å². The van der Waals surface area contributed by atoms with Crippen LogP contribution in [0.5, 0.6) is 0 Å². The van der Waals surface area contributed by atoms with Crippen LogP contribution in [0.3, 0.4) is 0 Å². The van der Waals surface area contributed by atoms with E-state index in [2.05, 4.69) is 16.9 Å². The van der Waals surface area contributed by atoms with Gasteiger partial charge in [0, 0.05) is 11.9 Å². The maximum atomic E-state index is 4.14. The second-order valence-corrected chi connectivity index (χ2v) is 2.37. The van der Waals surface area contributed by atoms with Crippen molar-refractivity contribution in [2.75, 3.05) is 0 Å². The summed E-state index contributed by atoms with van der Waals surface area (Å²) < 4.78 is 0. The zero-order chi connectivity index (χ0) is 9.40. The first-order valence-electron chi connectivity index (χ1n) is 3.92. The molecule has 0 aromatic heterocycles. The molecule has 0 aliphatic carbocycles. The van der Waals surface area contributed by atoms with Gasteiger partial charge in [-0.15, -0.1) is 0 Å². The third-order valence-electron chi connectivity index (χ3n) is 1.38. The van der Waals surface area contributed by atoms with Gasteiger partial charge in [0.15, 0.2) is 0 Å². The number of hydrogen-bond donors (Lipinski definition) is 1. The maximum absolute atomic E-state index is 4.14. The normalized spacial score (nSPS) is 13.6. The van der Waals surface area contributed by atoms with Crippen molar-refractivity contribution < 1.29 is 0 Å². The van der Waals surface area contributed by atoms with Crippen LogP contribution in [0.2, 0.25) is 0 Å². The molecule has 0 atom stereocenters. The average molecular weight is 164 g/mol. The molecule has 1 N–H and O–H groups in total. The van der Waals surface area contributed by atoms with Crippen molar-refractivity contribution >= 4 is 6.21 Å². The molecule has 0 heterocycles. The standard InChI is InChI=1S/C10H16N2/c1-5-7-11-9(3)10(4)12-8-6-2/h5-8,12H,1H2,2-4H3/b8-6-,10-9-,11-7?. The van der Waals surface area contributed by atoms with Gasteiger partial charge in [-0.2, -0.15) is 0 Å². The monoisotopic (exact) mass is 164 g/mol. The van der Waals surface area contributed by atoms with Crippen LogP contribution in [0.25, 0.3) is 0 Å². The van der Waals surface area contributed by atoms with Gasteiger partial charge in [0.2, 0.25) is 0 Å². The predicted octanol–water partition coefficient (Wildman–Crippen LogP) is 2.62. The summed E-state index contributed by atoms with van der Waals surface area (Å²) in [7, 11) is 0. The minimum atomic E-state index is 0.966. The molecule has 12 heavy (non-hydrogen) atoms. The summed E-state index contributed by atoms with van der Waals surface area (Å²) in [6, 6.07) is 0. The van der Waals surface area contributed by atoms with Gasteiger partial charge in [-0.3, -0.25) is 4.99 Å². The Balaban J connectivity index is 4.24. The van der Waals surface area contributed by atoms with Gasteiger partial charge >= 0.3 is 0 Å². The largest absolute Gasteiger partial charge is 0.364 e. The number of allylic oxidation sites excluding steroid dienone is 4. The van der Waals surface area contributed by atoms with Crippen molar-refractivity contribution in [3.63, 3.8) is 0 Å². The van der Waals surface area contributed by atoms with E-state index in [9.17, 15) is 0 Å². The van der Waals surface area contributed by atoms with Gasteiger partial charge in [0.05, 0.1) is 5.70 Å². The van der Waals surface area contributed by atoms with Gasteiger partial charge in [-0.25, -0.2) is 0 Å². The number of aliphatic imine (C=N–C) groups is 1. The van der Waals surface area contributed by atoms with Gasteiger partial charge < -0.3 is 5.32 Å². The molecule has 2 nitrogen and oxygen atoms in total. The first-order valence-corrected chi connectivity index (χ1v) is 3.92. The zero-order valence-electron chi connectivity index (χ0n) is 7.96. The van der Waals surface area contributed by atoms with E-state index in [1.807, 2.05) is 33.0 Å². The number of hydrogen-bond acceptors (Lipinski definition) is 2. The fraction of sp³-hybridized carbons (Fsp3) is 0.300. The van der Waals surface area contributed by atoms with E-state index >= 15 is 0 Å². The Labute approximate surface area is 74.4 Å². The SMILES string of the molecule is C=CC=N/C(C)=C(/C)N/C=C\C. The fourth-order valence-electron chi connectivity index (χ4n) is 0.574. The second kappa shape index (κ2) is 6.40. The first kappa shape index (κ1) is 10.7. The van der Waals surface area contributed by atoms with Crippen molar-refractivity contribution in [3.8, 4) is 0 Å². The Bertz CT molecular complexity index is 222. The molecule has 0 radical (unpaired) electrons. The molecule has 2 heteroatoms. The summed E-state index contributed by atoms with van der Waals surface area (Å²) in [5, 5.41) is 3.09. The minimum absolute atomic E-state index is 0.966. The van der Waals surface area contributed by atoms with Crippen LogP contribution in [0, 0.1) is 0 Å². The topological polar surface area (TPSA) is 24.4 Å². The molecule has 0 aliphatic rings. The zero-order valence-corrected chi connectivity index (χ0v) is 7.96. The highest BCUT2D eigenvalue weighted by Gasteiger charge is 1.88. The highest BCUT2D eigenvalue weighted by Crippen LogP contribution is 2.00. The quantitative estimate of drug-likeness (QED) is 0.634. The molecule has 0 bridgehead atoms. The lowest BCUT2D eigenvalue weighted by molar-refractivity contribution is 1.00. The van der Waals surface area contributed by atoms with Crippen LogP contribution in [-0.2, 0) is 0 Å². The van der Waals surface area contributed by atoms with Crippen LogP contribution < -0.4 is 5.32 Å². The summed E-state index contributed by atoms with van der Waals surface area (Å²) in [4.78, 5) is 4.14. The molecular formula is C10H16N2. The molecule has 0 rings (SSSR count). The van der Waals surface area contributed by atoms with Gasteiger partial charge in [-0.05, 0) is 27.0 Å². The third kappa shape index (κ3) is 4.50. The Morgan fingerprint density at radius 1 is 1.42 bits per heavy atom. The molecule has 0 saturated carbocycles. The van der Waals surface area contributed by atoms with Crippen molar-refractivity contribution in [2.24, 2.45) is 4.99 Å². The molecule has 66 valence electrons. The number of nitrogens with one attached hydrogen (secondary N) is 1. The summed E-state index contributed by atoms with van der Waals surface area (Å²) in [6.07, 6.45) is 7.15. The number of nitrogens with zero attached hydrogens (tertiary/aromatic N) is 1. The minimum Gasteiger partial charge on any atom is -0.364 e. The molecule has 0 aromatic rings. The van der Waals surface area contributed by atoms with Crippen molar-refractivity contribution in [1.29, 1.82) is 0 Å². The highest BCUT2D eigenvalue weighted by molar-refractivity contribution is 5.71. The summed E-state index contributed by atoms with van der Waals surface area (Å²) in [6.45, 7) is 9.44. The van der Waals surface area contributed by atoms with Crippen LogP contribution in [0.4, 0.5) is 0 Å². The van der Waals surface area contributed by atoms with Crippen LogP contribution in [0.1, 0.15) is 20.8 Å². The van der Waals surface area contributed by atoms with Crippen molar-refractivity contribution in [3.05, 3.63) is 36.3 Å². The summed E-state index contributed by atoms with van der Waals surface area (Å²) >= 11 is 0. The molecule has 0 unspecified atom stereocenters. The van der Waals surface area contributed by atoms with E-state index in [0.29, 0.717) is 0 Å². The van der Waals surface area contributed by atoms with Gasteiger partial charge in [0.25, 0.3) is 0 Å². The molecule has 0 fully saturated rings. The Morgan fingerprint density at radius 2 is 2.08 bits per heavy atom. The summed E-state index contributed by atoms with van der Waals surface area (Å²) in [5.74, 6) is 0. The van der Waals surface area contributed by atoms with Crippen LogP contribution in [0.15, 0.2) is 41.3 Å². The molecule has 0 aliphatic heterocycles. The molecular weight excluding hydrogens is 148 g/mol. The smallest absolute Gasteiger partial charge is 0.0561 e. The van der Waals surface area contributed by atoms with Crippen LogP contribution >= 0.6 is 0 Å². The third-order valence-corrected chi connectivity index (χ3v) is 1.38. The lowest BCUT2D eigenvalue weighted by Gasteiger charge is -2.01. The van der Waals surface area contributed by atoms with E-state index < -0.39 is 0 Å². The lowest BCUT2D eigenvalue weighted by Crippen LogP contribution is -2.02. The van der Waals surface area contributed by atoms with Crippen molar-refractivity contribution in [1.82, 2.24) is 5.32 Å². The van der Waals surface area contributed by atoms with Crippen molar-refractivity contribution in [2.45, 2.75) is 20.8 Å².